The Hall–Kier alpha value is -6.18. The van der Waals surface area contributed by atoms with Crippen molar-refractivity contribution in [3.8, 4) is 5.75 Å². The highest BCUT2D eigenvalue weighted by molar-refractivity contribution is 7.99. The van der Waals surface area contributed by atoms with Gasteiger partial charge in [-0.1, -0.05) is 104 Å². The molecule has 4 amide bonds. The fourth-order valence-electron chi connectivity index (χ4n) is 12.6. The van der Waals surface area contributed by atoms with Gasteiger partial charge in [-0.15, -0.1) is 11.8 Å². The van der Waals surface area contributed by atoms with Gasteiger partial charge in [-0.3, -0.25) is 38.9 Å². The van der Waals surface area contributed by atoms with E-state index in [1.807, 2.05) is 145 Å². The highest BCUT2D eigenvalue weighted by Crippen LogP contribution is 2.39. The molecule has 3 fully saturated rings. The molecule has 16 nitrogen and oxygen atoms in total. The minimum atomic E-state index is -0.886. The van der Waals surface area contributed by atoms with Crippen molar-refractivity contribution in [2.24, 2.45) is 17.8 Å². The van der Waals surface area contributed by atoms with Crippen LogP contribution in [0.15, 0.2) is 133 Å². The van der Waals surface area contributed by atoms with Gasteiger partial charge >= 0.3 is 0 Å². The standard InChI is InChI=1S/C36H47N5O4.C32H45N3O4S/c1-36(2,3)39-35(45)31-24-40(22-26-12-9-15-37-21-26)16-17-41(31)23-29(42)19-28(18-25-10-5-4-6-11-25)34(44)38-33-30-14-8-7-13-27(30)20-32(33)43;1-21-25(15-10-16-28(21)36)30(38)33-26(20-40-24-13-6-5-7-14-24)29(37)19-35-18-23-12-9-8-11-22(23)17-27(35)31(39)34-32(2,3)4/h4-15,21,28-29,31-33,42-43H,16-20,22-24H2,1-3H3,(H,38,44)(H,39,45);5-7,10,13-16,22-23,26-27,29,36-37H,8-9,11-12,17-20H2,1-4H3,(H,33,38)(H,34,39)/t28-,29+,31+,32-,33+;22-,23+,26-,27-,29+/m10/s1. The van der Waals surface area contributed by atoms with Crippen LogP contribution in [0, 0.1) is 24.7 Å². The van der Waals surface area contributed by atoms with Crippen LogP contribution in [-0.4, -0.2) is 156 Å². The summed E-state index contributed by atoms with van der Waals surface area (Å²) >= 11 is 1.57. The number of β-amino-alcohol motifs (C(OH)–C–C–N with tert-alkyl or cyclic N) is 2. The van der Waals surface area contributed by atoms with Crippen molar-refractivity contribution in [3.05, 3.63) is 161 Å². The number of piperidine rings is 1. The lowest BCUT2D eigenvalue weighted by molar-refractivity contribution is -0.133. The van der Waals surface area contributed by atoms with Crippen LogP contribution in [-0.2, 0) is 33.8 Å². The van der Waals surface area contributed by atoms with Gasteiger partial charge in [0.05, 0.1) is 36.4 Å². The Morgan fingerprint density at radius 2 is 1.39 bits per heavy atom. The molecule has 0 radical (unpaired) electrons. The fraction of sp³-hybridized carbons (Fsp3) is 0.515. The van der Waals surface area contributed by atoms with Gasteiger partial charge in [-0.25, -0.2) is 0 Å². The number of nitrogens with one attached hydrogen (secondary N) is 4. The second-order valence-corrected chi connectivity index (χ2v) is 27.1. The highest BCUT2D eigenvalue weighted by Gasteiger charge is 2.43. The molecule has 17 heteroatoms. The molecule has 5 aromatic rings. The number of fused-ring (bicyclic) bond motifs is 2. The Bertz CT molecular complexity index is 2960. The lowest BCUT2D eigenvalue weighted by atomic mass is 9.72. The molecule has 8 N–H and O–H groups in total. The van der Waals surface area contributed by atoms with E-state index in [1.165, 1.54) is 12.8 Å². The molecule has 0 bridgehead atoms. The van der Waals surface area contributed by atoms with Crippen LogP contribution in [0.3, 0.4) is 0 Å². The molecule has 2 aliphatic carbocycles. The van der Waals surface area contributed by atoms with E-state index >= 15 is 0 Å². The van der Waals surface area contributed by atoms with Crippen molar-refractivity contribution in [1.82, 2.24) is 41.0 Å². The van der Waals surface area contributed by atoms with Gasteiger partial charge in [0.1, 0.15) is 11.8 Å². The number of piperazine rings is 1. The van der Waals surface area contributed by atoms with E-state index in [4.69, 9.17) is 0 Å². The number of aliphatic hydroxyl groups excluding tert-OH is 3. The normalized spacial score (nSPS) is 22.5. The maximum atomic E-state index is 13.8. The Balaban J connectivity index is 0.000000223. The van der Waals surface area contributed by atoms with E-state index < -0.39 is 47.9 Å². The number of hydrogen-bond donors (Lipinski definition) is 8. The van der Waals surface area contributed by atoms with Crippen LogP contribution in [0.1, 0.15) is 124 Å². The first kappa shape index (κ1) is 64.8. The predicted molar refractivity (Wildman–Crippen MR) is 335 cm³/mol. The van der Waals surface area contributed by atoms with Gasteiger partial charge in [-0.05, 0) is 139 Å². The summed E-state index contributed by atoms with van der Waals surface area (Å²) in [7, 11) is 0. The molecule has 1 aromatic heterocycles. The first-order chi connectivity index (χ1) is 40.6. The largest absolute Gasteiger partial charge is 0.508 e. The van der Waals surface area contributed by atoms with Gasteiger partial charge < -0.3 is 41.7 Å². The van der Waals surface area contributed by atoms with Crippen LogP contribution in [0.5, 0.6) is 5.75 Å². The highest BCUT2D eigenvalue weighted by atomic mass is 32.2. The Morgan fingerprint density at radius 1 is 0.729 bits per heavy atom. The van der Waals surface area contributed by atoms with Crippen molar-refractivity contribution >= 4 is 35.4 Å². The van der Waals surface area contributed by atoms with Crippen LogP contribution in [0.25, 0.3) is 0 Å². The monoisotopic (exact) mass is 1180 g/mol. The number of amides is 4. The van der Waals surface area contributed by atoms with E-state index in [2.05, 4.69) is 41.0 Å². The summed E-state index contributed by atoms with van der Waals surface area (Å²) in [4.78, 5) is 65.9. The molecule has 4 aromatic carbocycles. The SMILES string of the molecule is CC(C)(C)NC(=O)[C@@H]1CN(Cc2cccnc2)CCN1C[C@@H](O)C[C@@H](Cc1ccccc1)C(=O)N[C@H]1c2ccccc2C[C@H]1O.Cc1c(O)cccc1C(=O)N[C@@H](CSc1ccccc1)[C@H](O)CN1C[C@H]2CCCC[C@H]2C[C@H]1C(=O)NC(C)(C)C. The Labute approximate surface area is 508 Å². The number of phenolic OH excluding ortho intramolecular Hbond substituents is 1. The molecule has 4 aliphatic rings. The van der Waals surface area contributed by atoms with E-state index in [9.17, 15) is 39.6 Å². The molecule has 458 valence electrons. The number of aromatic nitrogens is 1. The van der Waals surface area contributed by atoms with Crippen LogP contribution >= 0.6 is 11.8 Å². The number of likely N-dealkylation sites (tertiary alicyclic amines) is 1. The molecule has 2 saturated heterocycles. The van der Waals surface area contributed by atoms with E-state index in [1.54, 1.807) is 43.1 Å². The molecule has 85 heavy (non-hydrogen) atoms. The molecular formula is C68H92N8O8S. The van der Waals surface area contributed by atoms with Gasteiger partial charge in [0.2, 0.25) is 17.7 Å². The number of thioether (sulfide) groups is 1. The second-order valence-electron chi connectivity index (χ2n) is 26.0. The number of aliphatic hydroxyl groups is 3. The fourth-order valence-corrected chi connectivity index (χ4v) is 13.7. The van der Waals surface area contributed by atoms with Crippen LogP contribution < -0.4 is 21.3 Å². The lowest BCUT2D eigenvalue weighted by Gasteiger charge is -2.47. The number of phenols is 1. The number of benzene rings is 4. The number of carbonyl (C=O) groups excluding carboxylic acids is 4. The van der Waals surface area contributed by atoms with Crippen molar-refractivity contribution in [2.75, 3.05) is 45.0 Å². The summed E-state index contributed by atoms with van der Waals surface area (Å²) < 4.78 is 0. The Morgan fingerprint density at radius 3 is 2.08 bits per heavy atom. The zero-order chi connectivity index (χ0) is 60.8. The number of nitrogens with zero attached hydrogens (tertiary/aromatic N) is 4. The first-order valence-electron chi connectivity index (χ1n) is 30.5. The van der Waals surface area contributed by atoms with Crippen LogP contribution in [0.2, 0.25) is 0 Å². The molecule has 0 spiro atoms. The summed E-state index contributed by atoms with van der Waals surface area (Å²) in [5.74, 6) is 0.491. The Kier molecular flexibility index (Phi) is 22.8. The molecule has 1 saturated carbocycles. The zero-order valence-corrected chi connectivity index (χ0v) is 51.6. The summed E-state index contributed by atoms with van der Waals surface area (Å²) in [6.07, 6.45) is 7.93. The number of aromatic hydroxyl groups is 1. The molecule has 9 rings (SSSR count). The van der Waals surface area contributed by atoms with E-state index in [-0.39, 0.29) is 53.9 Å². The molecule has 2 aliphatic heterocycles. The van der Waals surface area contributed by atoms with Crippen molar-refractivity contribution in [2.45, 2.75) is 165 Å². The quantitative estimate of drug-likeness (QED) is 0.0352. The average Bonchev–Trinajstić information content (AvgIpc) is 2.78. The number of hydrogen-bond acceptors (Lipinski definition) is 13. The zero-order valence-electron chi connectivity index (χ0n) is 50.8. The van der Waals surface area contributed by atoms with Crippen LogP contribution in [0.4, 0.5) is 0 Å². The summed E-state index contributed by atoms with van der Waals surface area (Å²) in [6.45, 7) is 17.5. The maximum absolute atomic E-state index is 13.8. The average molecular weight is 1180 g/mol. The van der Waals surface area contributed by atoms with Crippen molar-refractivity contribution < 1.29 is 39.6 Å². The first-order valence-corrected chi connectivity index (χ1v) is 31.5. The molecule has 3 heterocycles. The molecule has 10 atom stereocenters. The van der Waals surface area contributed by atoms with E-state index in [0.717, 1.165) is 59.5 Å². The van der Waals surface area contributed by atoms with Gasteiger partial charge in [0.15, 0.2) is 0 Å². The van der Waals surface area contributed by atoms with E-state index in [0.29, 0.717) is 67.7 Å². The predicted octanol–water partition coefficient (Wildman–Crippen LogP) is 7.61. The van der Waals surface area contributed by atoms with Gasteiger partial charge in [0, 0.05) is 103 Å². The van der Waals surface area contributed by atoms with Crippen molar-refractivity contribution in [3.63, 3.8) is 0 Å². The maximum Gasteiger partial charge on any atom is 0.252 e. The third-order valence-corrected chi connectivity index (χ3v) is 18.1. The third kappa shape index (κ3) is 18.9. The third-order valence-electron chi connectivity index (χ3n) is 16.9. The summed E-state index contributed by atoms with van der Waals surface area (Å²) in [5.41, 5.74) is 4.22. The number of pyridine rings is 1. The topological polar surface area (TPSA) is 220 Å². The molecular weight excluding hydrogens is 1090 g/mol. The molecule has 0 unspecified atom stereocenters. The minimum Gasteiger partial charge on any atom is -0.508 e. The summed E-state index contributed by atoms with van der Waals surface area (Å²) in [5, 5.41) is 56.5. The smallest absolute Gasteiger partial charge is 0.252 e. The number of rotatable bonds is 20. The minimum absolute atomic E-state index is 0.0124. The summed E-state index contributed by atoms with van der Waals surface area (Å²) in [6, 6.07) is 34.6. The second kappa shape index (κ2) is 30.0. The van der Waals surface area contributed by atoms with Gasteiger partial charge in [-0.2, -0.15) is 0 Å². The van der Waals surface area contributed by atoms with Crippen molar-refractivity contribution in [1.29, 1.82) is 0 Å². The van der Waals surface area contributed by atoms with Gasteiger partial charge in [0.25, 0.3) is 5.91 Å². The lowest BCUT2D eigenvalue weighted by Crippen LogP contribution is -2.61. The number of carbonyl (C=O) groups is 4.